The van der Waals surface area contributed by atoms with E-state index in [0.717, 1.165) is 35.2 Å². The number of pyridine rings is 1. The van der Waals surface area contributed by atoms with Crippen molar-refractivity contribution >= 4 is 17.5 Å². The zero-order valence-electron chi connectivity index (χ0n) is 15.9. The molecule has 27 heavy (non-hydrogen) atoms. The zero-order valence-corrected chi connectivity index (χ0v) is 16.7. The molecule has 2 heterocycles. The summed E-state index contributed by atoms with van der Waals surface area (Å²) >= 11 is 1.17. The quantitative estimate of drug-likeness (QED) is 0.449. The molecule has 0 aliphatic heterocycles. The van der Waals surface area contributed by atoms with Gasteiger partial charge < -0.3 is 9.63 Å². The number of thioether (sulfide) groups is 1. The molecule has 0 fully saturated rings. The molecular formula is C19H22N4O3S. The standard InChI is InChI=1S/C19H22N4O3S/c1-19(2,3)13-5-6-14-11(8-13)7-12(9-20)17(21-14)27-10-15(24)16-18(25)26-22-23(16)4/h7,13H,5-6,8,10H2,1-4H3. The molecule has 3 rings (SSSR count). The molecule has 0 saturated carbocycles. The van der Waals surface area contributed by atoms with Gasteiger partial charge in [0.05, 0.1) is 16.6 Å². The Kier molecular flexibility index (Phi) is 5.24. The SMILES string of the molecule is C[n+]1noc([O-])c1C(=O)CSc1nc2c(cc1C#N)CC(C(C)(C)C)CC2. The van der Waals surface area contributed by atoms with Crippen LogP contribution in [0.2, 0.25) is 0 Å². The average Bonchev–Trinajstić information content (AvgIpc) is 2.96. The van der Waals surface area contributed by atoms with E-state index in [9.17, 15) is 15.2 Å². The first-order valence-corrected chi connectivity index (χ1v) is 9.81. The summed E-state index contributed by atoms with van der Waals surface area (Å²) in [6.07, 6.45) is 2.85. The number of rotatable bonds is 4. The summed E-state index contributed by atoms with van der Waals surface area (Å²) in [7, 11) is 1.48. The Morgan fingerprint density at radius 3 is 2.85 bits per heavy atom. The van der Waals surface area contributed by atoms with E-state index in [1.54, 1.807) is 0 Å². The highest BCUT2D eigenvalue weighted by atomic mass is 32.2. The van der Waals surface area contributed by atoms with Crippen molar-refractivity contribution in [2.75, 3.05) is 5.75 Å². The van der Waals surface area contributed by atoms with Crippen molar-refractivity contribution in [1.82, 2.24) is 10.3 Å². The lowest BCUT2D eigenvalue weighted by Crippen LogP contribution is -2.37. The third kappa shape index (κ3) is 3.98. The molecule has 0 saturated heterocycles. The van der Waals surface area contributed by atoms with Crippen LogP contribution in [0.1, 0.15) is 54.5 Å². The van der Waals surface area contributed by atoms with Crippen LogP contribution < -0.4 is 9.79 Å². The van der Waals surface area contributed by atoms with Crippen LogP contribution in [0.3, 0.4) is 0 Å². The Hall–Kier alpha value is -2.40. The largest absolute Gasteiger partial charge is 0.539 e. The van der Waals surface area contributed by atoms with E-state index < -0.39 is 11.7 Å². The van der Waals surface area contributed by atoms with Gasteiger partial charge in [0, 0.05) is 5.69 Å². The molecule has 8 heteroatoms. The fourth-order valence-electron chi connectivity index (χ4n) is 3.39. The second-order valence-corrected chi connectivity index (χ2v) is 8.87. The molecule has 7 nitrogen and oxygen atoms in total. The summed E-state index contributed by atoms with van der Waals surface area (Å²) in [5, 5.41) is 25.1. The predicted octanol–water partition coefficient (Wildman–Crippen LogP) is 1.97. The highest BCUT2D eigenvalue weighted by molar-refractivity contribution is 8.00. The Bertz CT molecular complexity index is 905. The van der Waals surface area contributed by atoms with Crippen LogP contribution in [0, 0.1) is 22.7 Å². The first-order chi connectivity index (χ1) is 12.7. The molecule has 2 aromatic heterocycles. The smallest absolute Gasteiger partial charge is 0.300 e. The highest BCUT2D eigenvalue weighted by Gasteiger charge is 2.30. The number of Topliss-reactive ketones (excluding diaryl/α,β-unsaturated/α-hetero) is 1. The van der Waals surface area contributed by atoms with E-state index in [4.69, 9.17) is 0 Å². The van der Waals surface area contributed by atoms with Crippen molar-refractivity contribution in [3.05, 3.63) is 28.6 Å². The lowest BCUT2D eigenvalue weighted by Gasteiger charge is -2.34. The van der Waals surface area contributed by atoms with Crippen LogP contribution in [0.4, 0.5) is 0 Å². The third-order valence-electron chi connectivity index (χ3n) is 5.06. The maximum Gasteiger partial charge on any atom is 0.300 e. The van der Waals surface area contributed by atoms with Gasteiger partial charge in [-0.1, -0.05) is 37.2 Å². The molecule has 142 valence electrons. The minimum absolute atomic E-state index is 0.00459. The topological polar surface area (TPSA) is 107 Å². The van der Waals surface area contributed by atoms with Crippen LogP contribution in [0.5, 0.6) is 5.95 Å². The lowest BCUT2D eigenvalue weighted by atomic mass is 9.71. The maximum atomic E-state index is 12.3. The molecule has 0 spiro atoms. The van der Waals surface area contributed by atoms with Crippen LogP contribution in [-0.2, 0) is 19.9 Å². The maximum absolute atomic E-state index is 12.3. The normalized spacial score (nSPS) is 16.6. The zero-order chi connectivity index (χ0) is 19.8. The number of ketones is 1. The Labute approximate surface area is 162 Å². The first kappa shape index (κ1) is 19.4. The van der Waals surface area contributed by atoms with Crippen molar-refractivity contribution in [3.63, 3.8) is 0 Å². The second kappa shape index (κ2) is 7.31. The number of nitrogens with zero attached hydrogens (tertiary/aromatic N) is 4. The Morgan fingerprint density at radius 2 is 2.26 bits per heavy atom. The van der Waals surface area contributed by atoms with Crippen LogP contribution in [0.15, 0.2) is 15.6 Å². The molecule has 0 aromatic carbocycles. The van der Waals surface area contributed by atoms with Gasteiger partial charge in [-0.2, -0.15) is 5.26 Å². The number of hydrogen-bond acceptors (Lipinski definition) is 7. The number of fused-ring (bicyclic) bond motifs is 1. The Morgan fingerprint density at radius 1 is 1.52 bits per heavy atom. The minimum atomic E-state index is -0.754. The van der Waals surface area contributed by atoms with Gasteiger partial charge in [0.2, 0.25) is 5.78 Å². The molecule has 1 aliphatic carbocycles. The predicted molar refractivity (Wildman–Crippen MR) is 96.1 cm³/mol. The van der Waals surface area contributed by atoms with Crippen LogP contribution in [-0.4, -0.2) is 21.8 Å². The van der Waals surface area contributed by atoms with Crippen molar-refractivity contribution in [2.24, 2.45) is 18.4 Å². The van der Waals surface area contributed by atoms with E-state index in [2.05, 4.69) is 41.6 Å². The fourth-order valence-corrected chi connectivity index (χ4v) is 4.23. The van der Waals surface area contributed by atoms with E-state index >= 15 is 0 Å². The fraction of sp³-hybridized carbons (Fsp3) is 0.526. The molecule has 0 radical (unpaired) electrons. The van der Waals surface area contributed by atoms with Gasteiger partial charge in [-0.25, -0.2) is 4.98 Å². The van der Waals surface area contributed by atoms with Gasteiger partial charge in [-0.05, 0) is 42.2 Å². The molecule has 0 N–H and O–H groups in total. The number of carbonyl (C=O) groups excluding carboxylic acids is 1. The van der Waals surface area contributed by atoms with Crippen molar-refractivity contribution in [1.29, 1.82) is 5.26 Å². The average molecular weight is 386 g/mol. The van der Waals surface area contributed by atoms with E-state index in [-0.39, 0.29) is 16.9 Å². The summed E-state index contributed by atoms with van der Waals surface area (Å²) in [6, 6.07) is 4.10. The number of aromatic nitrogens is 3. The molecule has 1 atom stereocenters. The third-order valence-corrected chi connectivity index (χ3v) is 6.06. The minimum Gasteiger partial charge on any atom is -0.539 e. The van der Waals surface area contributed by atoms with Gasteiger partial charge in [0.1, 0.15) is 11.1 Å². The first-order valence-electron chi connectivity index (χ1n) is 8.82. The molecule has 1 unspecified atom stereocenters. The summed E-state index contributed by atoms with van der Waals surface area (Å²) in [5.74, 6) is -0.599. The van der Waals surface area contributed by atoms with E-state index in [1.807, 2.05) is 6.07 Å². The number of nitriles is 1. The van der Waals surface area contributed by atoms with Gasteiger partial charge >= 0.3 is 0 Å². The summed E-state index contributed by atoms with van der Waals surface area (Å²) in [5.41, 5.74) is 2.71. The van der Waals surface area contributed by atoms with Crippen molar-refractivity contribution in [2.45, 2.75) is 45.1 Å². The molecule has 2 aromatic rings. The number of hydrogen-bond donors (Lipinski definition) is 0. The Balaban J connectivity index is 1.80. The highest BCUT2D eigenvalue weighted by Crippen LogP contribution is 2.38. The van der Waals surface area contributed by atoms with Crippen molar-refractivity contribution in [3.8, 4) is 12.0 Å². The number of aryl methyl sites for hydroxylation is 2. The molecule has 0 amide bonds. The lowest BCUT2D eigenvalue weighted by molar-refractivity contribution is -0.741. The van der Waals surface area contributed by atoms with Gasteiger partial charge in [-0.3, -0.25) is 4.79 Å². The van der Waals surface area contributed by atoms with Gasteiger partial charge in [-0.15, -0.1) is 0 Å². The summed E-state index contributed by atoms with van der Waals surface area (Å²) in [4.78, 5) is 17.0. The van der Waals surface area contributed by atoms with Gasteiger partial charge in [0.15, 0.2) is 13.0 Å². The van der Waals surface area contributed by atoms with E-state index in [0.29, 0.717) is 16.5 Å². The molecule has 0 bridgehead atoms. The number of carbonyl (C=O) groups is 1. The monoisotopic (exact) mass is 386 g/mol. The summed E-state index contributed by atoms with van der Waals surface area (Å²) in [6.45, 7) is 6.73. The summed E-state index contributed by atoms with van der Waals surface area (Å²) < 4.78 is 5.61. The van der Waals surface area contributed by atoms with Gasteiger partial charge in [0.25, 0.3) is 5.69 Å². The molecule has 1 aliphatic rings. The van der Waals surface area contributed by atoms with Crippen LogP contribution in [0.25, 0.3) is 0 Å². The van der Waals surface area contributed by atoms with Crippen LogP contribution >= 0.6 is 11.8 Å². The second-order valence-electron chi connectivity index (χ2n) is 7.91. The van der Waals surface area contributed by atoms with Crippen molar-refractivity contribution < 1.29 is 19.1 Å². The van der Waals surface area contributed by atoms with E-state index in [1.165, 1.54) is 18.8 Å². The molecular weight excluding hydrogens is 364 g/mol.